The molecule has 1 saturated carbocycles. The second kappa shape index (κ2) is 4.20. The van der Waals surface area contributed by atoms with Crippen LogP contribution in [0.3, 0.4) is 0 Å². The summed E-state index contributed by atoms with van der Waals surface area (Å²) in [4.78, 5) is 4.29. The first-order chi connectivity index (χ1) is 8.34. The molecule has 2 aromatic heterocycles. The molecule has 0 amide bonds. The molecule has 0 aliphatic heterocycles. The molecule has 0 aromatic carbocycles. The molecular formula is C13H16N4. The fourth-order valence-electron chi connectivity index (χ4n) is 2.46. The van der Waals surface area contributed by atoms with Crippen molar-refractivity contribution in [3.63, 3.8) is 0 Å². The van der Waals surface area contributed by atoms with Crippen molar-refractivity contribution in [1.82, 2.24) is 14.8 Å². The molecule has 0 bridgehead atoms. The van der Waals surface area contributed by atoms with E-state index in [1.165, 1.54) is 25.7 Å². The van der Waals surface area contributed by atoms with Crippen LogP contribution < -0.4 is 5.73 Å². The monoisotopic (exact) mass is 228 g/mol. The molecule has 0 unspecified atom stereocenters. The molecule has 0 atom stereocenters. The molecule has 1 aliphatic carbocycles. The van der Waals surface area contributed by atoms with Crippen LogP contribution in [0.4, 0.5) is 5.69 Å². The molecule has 0 saturated heterocycles. The smallest absolute Gasteiger partial charge is 0.134 e. The highest BCUT2D eigenvalue weighted by molar-refractivity contribution is 5.68. The van der Waals surface area contributed by atoms with Crippen molar-refractivity contribution in [2.24, 2.45) is 0 Å². The first-order valence-electron chi connectivity index (χ1n) is 6.10. The van der Waals surface area contributed by atoms with Crippen LogP contribution in [0.25, 0.3) is 11.4 Å². The predicted octanol–water partition coefficient (Wildman–Crippen LogP) is 2.64. The van der Waals surface area contributed by atoms with Crippen LogP contribution in [0.5, 0.6) is 0 Å². The average molecular weight is 228 g/mol. The summed E-state index contributed by atoms with van der Waals surface area (Å²) in [6, 6.07) is 6.32. The molecule has 0 radical (unpaired) electrons. The van der Waals surface area contributed by atoms with Gasteiger partial charge in [-0.1, -0.05) is 18.9 Å². The van der Waals surface area contributed by atoms with E-state index in [1.54, 1.807) is 6.20 Å². The van der Waals surface area contributed by atoms with Gasteiger partial charge in [-0.3, -0.25) is 9.67 Å². The molecule has 2 N–H and O–H groups in total. The minimum Gasteiger partial charge on any atom is -0.396 e. The second-order valence-electron chi connectivity index (χ2n) is 4.57. The number of aromatic nitrogens is 3. The number of rotatable bonds is 2. The van der Waals surface area contributed by atoms with Crippen LogP contribution in [0.1, 0.15) is 31.7 Å². The lowest BCUT2D eigenvalue weighted by molar-refractivity contribution is 0.468. The minimum absolute atomic E-state index is 0.523. The van der Waals surface area contributed by atoms with Gasteiger partial charge in [0.05, 0.1) is 17.4 Å². The van der Waals surface area contributed by atoms with E-state index in [9.17, 15) is 0 Å². The lowest BCUT2D eigenvalue weighted by atomic mass is 10.2. The molecule has 2 heterocycles. The summed E-state index contributed by atoms with van der Waals surface area (Å²) < 4.78 is 2.02. The van der Waals surface area contributed by atoms with Crippen molar-refractivity contribution in [2.75, 3.05) is 5.73 Å². The van der Waals surface area contributed by atoms with E-state index in [4.69, 9.17) is 5.73 Å². The number of pyridine rings is 1. The normalized spacial score (nSPS) is 16.5. The quantitative estimate of drug-likeness (QED) is 0.859. The van der Waals surface area contributed by atoms with Crippen LogP contribution in [-0.4, -0.2) is 14.8 Å². The van der Waals surface area contributed by atoms with Gasteiger partial charge in [0.25, 0.3) is 0 Å². The fourth-order valence-corrected chi connectivity index (χ4v) is 2.46. The van der Waals surface area contributed by atoms with Crippen molar-refractivity contribution in [1.29, 1.82) is 0 Å². The van der Waals surface area contributed by atoms with Gasteiger partial charge >= 0.3 is 0 Å². The Hall–Kier alpha value is -1.84. The van der Waals surface area contributed by atoms with Gasteiger partial charge in [0.15, 0.2) is 0 Å². The number of hydrogen-bond donors (Lipinski definition) is 1. The summed E-state index contributed by atoms with van der Waals surface area (Å²) in [7, 11) is 0. The minimum atomic E-state index is 0.523. The molecule has 4 heteroatoms. The first-order valence-corrected chi connectivity index (χ1v) is 6.10. The molecule has 17 heavy (non-hydrogen) atoms. The van der Waals surface area contributed by atoms with Crippen LogP contribution in [0.15, 0.2) is 30.6 Å². The lowest BCUT2D eigenvalue weighted by Crippen LogP contribution is -2.05. The van der Waals surface area contributed by atoms with E-state index in [2.05, 4.69) is 10.1 Å². The molecule has 88 valence electrons. The number of nitrogen functional groups attached to an aromatic ring is 1. The van der Waals surface area contributed by atoms with Gasteiger partial charge in [-0.2, -0.15) is 5.10 Å². The second-order valence-corrected chi connectivity index (χ2v) is 4.57. The molecule has 2 aromatic rings. The van der Waals surface area contributed by atoms with Gasteiger partial charge in [-0.15, -0.1) is 0 Å². The summed E-state index contributed by atoms with van der Waals surface area (Å²) in [6.45, 7) is 0. The van der Waals surface area contributed by atoms with E-state index >= 15 is 0 Å². The maximum Gasteiger partial charge on any atom is 0.134 e. The fraction of sp³-hybridized carbons (Fsp3) is 0.385. The number of nitrogens with zero attached hydrogens (tertiary/aromatic N) is 3. The highest BCUT2D eigenvalue weighted by atomic mass is 15.3. The van der Waals surface area contributed by atoms with E-state index in [1.807, 2.05) is 29.1 Å². The van der Waals surface area contributed by atoms with Crippen molar-refractivity contribution in [3.8, 4) is 11.4 Å². The summed E-state index contributed by atoms with van der Waals surface area (Å²) in [5.41, 5.74) is 8.39. The zero-order valence-electron chi connectivity index (χ0n) is 9.71. The lowest BCUT2D eigenvalue weighted by Gasteiger charge is -2.08. The van der Waals surface area contributed by atoms with Crippen molar-refractivity contribution in [3.05, 3.63) is 30.6 Å². The molecular weight excluding hydrogens is 212 g/mol. The third-order valence-electron chi connectivity index (χ3n) is 3.37. The molecule has 1 aliphatic rings. The summed E-state index contributed by atoms with van der Waals surface area (Å²) in [6.07, 6.45) is 8.72. The van der Waals surface area contributed by atoms with E-state index in [0.29, 0.717) is 6.04 Å². The Morgan fingerprint density at radius 1 is 1.24 bits per heavy atom. The molecule has 3 rings (SSSR count). The summed E-state index contributed by atoms with van der Waals surface area (Å²) >= 11 is 0. The van der Waals surface area contributed by atoms with Gasteiger partial charge in [0.2, 0.25) is 0 Å². The Morgan fingerprint density at radius 2 is 2.06 bits per heavy atom. The zero-order valence-corrected chi connectivity index (χ0v) is 9.71. The van der Waals surface area contributed by atoms with Gasteiger partial charge < -0.3 is 5.73 Å². The highest BCUT2D eigenvalue weighted by Gasteiger charge is 2.19. The zero-order chi connectivity index (χ0) is 11.7. The topological polar surface area (TPSA) is 56.7 Å². The van der Waals surface area contributed by atoms with Crippen LogP contribution in [0, 0.1) is 0 Å². The Morgan fingerprint density at radius 3 is 2.76 bits per heavy atom. The SMILES string of the molecule is Nc1cn(C2CCCC2)nc1-c1ccccn1. The predicted molar refractivity (Wildman–Crippen MR) is 67.4 cm³/mol. The van der Waals surface area contributed by atoms with Gasteiger partial charge in [-0.05, 0) is 25.0 Å². The van der Waals surface area contributed by atoms with Crippen LogP contribution in [0.2, 0.25) is 0 Å². The van der Waals surface area contributed by atoms with E-state index < -0.39 is 0 Å². The van der Waals surface area contributed by atoms with Gasteiger partial charge in [0.1, 0.15) is 5.69 Å². The van der Waals surface area contributed by atoms with Crippen LogP contribution in [-0.2, 0) is 0 Å². The first kappa shape index (κ1) is 10.3. The van der Waals surface area contributed by atoms with Crippen molar-refractivity contribution < 1.29 is 0 Å². The Kier molecular flexibility index (Phi) is 2.55. The third-order valence-corrected chi connectivity index (χ3v) is 3.37. The Labute approximate surface area is 100 Å². The van der Waals surface area contributed by atoms with Gasteiger partial charge in [0, 0.05) is 12.4 Å². The average Bonchev–Trinajstić information content (AvgIpc) is 2.99. The largest absolute Gasteiger partial charge is 0.396 e. The number of nitrogens with two attached hydrogens (primary N) is 1. The number of anilines is 1. The summed E-state index contributed by atoms with van der Waals surface area (Å²) in [5.74, 6) is 0. The van der Waals surface area contributed by atoms with Crippen LogP contribution >= 0.6 is 0 Å². The highest BCUT2D eigenvalue weighted by Crippen LogP contribution is 2.31. The van der Waals surface area contributed by atoms with Crippen molar-refractivity contribution in [2.45, 2.75) is 31.7 Å². The Bertz CT molecular complexity index is 497. The molecule has 4 nitrogen and oxygen atoms in total. The maximum absolute atomic E-state index is 6.02. The number of hydrogen-bond acceptors (Lipinski definition) is 3. The summed E-state index contributed by atoms with van der Waals surface area (Å²) in [5, 5.41) is 4.59. The van der Waals surface area contributed by atoms with E-state index in [-0.39, 0.29) is 0 Å². The molecule has 1 fully saturated rings. The Balaban J connectivity index is 1.96. The van der Waals surface area contributed by atoms with Crippen molar-refractivity contribution >= 4 is 5.69 Å². The van der Waals surface area contributed by atoms with Gasteiger partial charge in [-0.25, -0.2) is 0 Å². The molecule has 0 spiro atoms. The third kappa shape index (κ3) is 1.90. The maximum atomic E-state index is 6.02. The standard InChI is InChI=1S/C13H16N4/c14-11-9-17(10-5-1-2-6-10)16-13(11)12-7-3-4-8-15-12/h3-4,7-10H,1-2,5-6,14H2. The van der Waals surface area contributed by atoms with E-state index in [0.717, 1.165) is 17.1 Å².